The van der Waals surface area contributed by atoms with Crippen LogP contribution in [0.15, 0.2) is 83.4 Å². The molecule has 0 aliphatic carbocycles. The van der Waals surface area contributed by atoms with E-state index in [1.165, 1.54) is 6.07 Å². The number of nitrogens with zero attached hydrogens (tertiary/aromatic N) is 4. The van der Waals surface area contributed by atoms with Crippen LogP contribution in [0.2, 0.25) is 5.02 Å². The van der Waals surface area contributed by atoms with Crippen LogP contribution in [0.1, 0.15) is 43.3 Å². The highest BCUT2D eigenvalue weighted by Gasteiger charge is 2.43. The zero-order valence-electron chi connectivity index (χ0n) is 21.9. The average Bonchev–Trinajstić information content (AvgIpc) is 3.58. The summed E-state index contributed by atoms with van der Waals surface area (Å²) in [5.41, 5.74) is 3.03. The third-order valence-electron chi connectivity index (χ3n) is 7.72. The van der Waals surface area contributed by atoms with E-state index in [1.54, 1.807) is 30.5 Å². The van der Waals surface area contributed by atoms with E-state index in [9.17, 15) is 10.1 Å². The first-order chi connectivity index (χ1) is 19.4. The van der Waals surface area contributed by atoms with E-state index in [-0.39, 0.29) is 11.7 Å². The van der Waals surface area contributed by atoms with Crippen molar-refractivity contribution in [2.75, 3.05) is 22.9 Å². The molecule has 204 valence electrons. The van der Waals surface area contributed by atoms with Crippen molar-refractivity contribution >= 4 is 46.0 Å². The van der Waals surface area contributed by atoms with Crippen molar-refractivity contribution in [2.24, 2.45) is 5.92 Å². The van der Waals surface area contributed by atoms with Gasteiger partial charge in [0, 0.05) is 31.0 Å². The van der Waals surface area contributed by atoms with Gasteiger partial charge in [0.2, 0.25) is 0 Å². The molecule has 4 heterocycles. The predicted molar refractivity (Wildman–Crippen MR) is 161 cm³/mol. The number of pyridine rings is 1. The van der Waals surface area contributed by atoms with Gasteiger partial charge < -0.3 is 19.5 Å². The smallest absolute Gasteiger partial charge is 0.280 e. The lowest BCUT2D eigenvalue weighted by Crippen LogP contribution is -2.33. The number of aromatic nitrogens is 1. The lowest BCUT2D eigenvalue weighted by atomic mass is 9.98. The molecular weight excluding hydrogens is 546 g/mol. The molecule has 0 unspecified atom stereocenters. The molecule has 2 aliphatic rings. The van der Waals surface area contributed by atoms with Crippen LogP contribution in [0.4, 0.5) is 17.1 Å². The molecule has 10 heteroatoms. The second-order valence-corrected chi connectivity index (χ2v) is 11.1. The fraction of sp³-hybridized carbons (Fsp3) is 0.267. The third kappa shape index (κ3) is 4.91. The normalized spacial score (nSPS) is 19.6. The van der Waals surface area contributed by atoms with Crippen molar-refractivity contribution in [1.29, 1.82) is 0 Å². The number of nitro groups is 1. The Balaban J connectivity index is 1.40. The summed E-state index contributed by atoms with van der Waals surface area (Å²) < 4.78 is 6.34. The maximum Gasteiger partial charge on any atom is 0.280 e. The molecule has 0 radical (unpaired) electrons. The number of nitrogens with one attached hydrogen (secondary N) is 1. The summed E-state index contributed by atoms with van der Waals surface area (Å²) in [5, 5.41) is 16.3. The Kier molecular flexibility index (Phi) is 7.16. The van der Waals surface area contributed by atoms with Crippen LogP contribution in [0.3, 0.4) is 0 Å². The minimum absolute atomic E-state index is 0.0175. The van der Waals surface area contributed by atoms with E-state index >= 15 is 0 Å². The van der Waals surface area contributed by atoms with Crippen LogP contribution in [-0.4, -0.2) is 28.1 Å². The zero-order chi connectivity index (χ0) is 27.8. The molecule has 0 spiro atoms. The highest BCUT2D eigenvalue weighted by atomic mass is 35.5. The van der Waals surface area contributed by atoms with Gasteiger partial charge in [-0.15, -0.1) is 0 Å². The van der Waals surface area contributed by atoms with Crippen molar-refractivity contribution in [3.8, 4) is 11.3 Å². The fourth-order valence-corrected chi connectivity index (χ4v) is 6.21. The SMILES string of the molecule is CC1CCN(c2ccc(N3C(=S)N[C@@H](c4ccccn4)[C@H]3c3ccc(-c4ccccc4[N+](=O)[O-])o3)cc2Cl)CC1. The summed E-state index contributed by atoms with van der Waals surface area (Å²) in [5.74, 6) is 1.73. The number of hydrogen-bond acceptors (Lipinski definition) is 6. The first-order valence-electron chi connectivity index (χ1n) is 13.3. The molecule has 40 heavy (non-hydrogen) atoms. The number of benzene rings is 2. The second-order valence-electron chi connectivity index (χ2n) is 10.3. The van der Waals surface area contributed by atoms with Gasteiger partial charge in [0.15, 0.2) is 5.11 Å². The number of piperidine rings is 1. The molecule has 1 N–H and O–H groups in total. The molecule has 2 aromatic carbocycles. The maximum atomic E-state index is 11.7. The summed E-state index contributed by atoms with van der Waals surface area (Å²) in [6.45, 7) is 4.25. The first kappa shape index (κ1) is 26.3. The Morgan fingerprint density at radius 2 is 1.85 bits per heavy atom. The minimum atomic E-state index is -0.406. The molecule has 4 aromatic rings. The highest BCUT2D eigenvalue weighted by molar-refractivity contribution is 7.80. The van der Waals surface area contributed by atoms with Crippen LogP contribution < -0.4 is 15.1 Å². The standard InChI is InChI=1S/C30H28ClN5O3S/c1-19-13-16-34(17-14-19)25-10-9-20(18-22(25)31)35-29(28(33-30(35)40)23-7-4-5-15-32-23)27-12-11-26(39-27)21-6-2-3-8-24(21)36(37)38/h2-12,15,18-19,28-29H,13-14,16-17H2,1H3,(H,33,40)/t28-,29+/m0/s1. The number of anilines is 2. The molecule has 2 atom stereocenters. The monoisotopic (exact) mass is 573 g/mol. The van der Waals surface area contributed by atoms with Crippen LogP contribution in [-0.2, 0) is 0 Å². The van der Waals surface area contributed by atoms with E-state index < -0.39 is 11.0 Å². The van der Waals surface area contributed by atoms with E-state index in [0.29, 0.717) is 27.2 Å². The van der Waals surface area contributed by atoms with E-state index in [1.807, 2.05) is 41.3 Å². The molecule has 6 rings (SSSR count). The van der Waals surface area contributed by atoms with Gasteiger partial charge in [0.1, 0.15) is 17.6 Å². The minimum Gasteiger partial charge on any atom is -0.459 e. The largest absolute Gasteiger partial charge is 0.459 e. The Labute approximate surface area is 242 Å². The molecule has 2 aliphatic heterocycles. The predicted octanol–water partition coefficient (Wildman–Crippen LogP) is 7.32. The summed E-state index contributed by atoms with van der Waals surface area (Å²) in [6, 6.07) is 21.2. The second kappa shape index (κ2) is 10.9. The lowest BCUT2D eigenvalue weighted by molar-refractivity contribution is -0.384. The number of furan rings is 1. The lowest BCUT2D eigenvalue weighted by Gasteiger charge is -2.33. The van der Waals surface area contributed by atoms with Gasteiger partial charge in [-0.3, -0.25) is 15.1 Å². The van der Waals surface area contributed by atoms with Crippen molar-refractivity contribution < 1.29 is 9.34 Å². The average molecular weight is 574 g/mol. The van der Waals surface area contributed by atoms with Gasteiger partial charge in [0.05, 0.1) is 32.9 Å². The van der Waals surface area contributed by atoms with Crippen LogP contribution in [0.5, 0.6) is 0 Å². The molecule has 2 aromatic heterocycles. The summed E-state index contributed by atoms with van der Waals surface area (Å²) >= 11 is 12.7. The summed E-state index contributed by atoms with van der Waals surface area (Å²) in [7, 11) is 0. The van der Waals surface area contributed by atoms with Crippen LogP contribution in [0.25, 0.3) is 11.3 Å². The number of halogens is 1. The number of nitro benzene ring substituents is 1. The molecule has 2 saturated heterocycles. The maximum absolute atomic E-state index is 11.7. The number of hydrogen-bond donors (Lipinski definition) is 1. The van der Waals surface area contributed by atoms with E-state index in [0.717, 1.165) is 48.9 Å². The molecular formula is C30H28ClN5O3S. The molecule has 0 amide bonds. The first-order valence-corrected chi connectivity index (χ1v) is 14.1. The topological polar surface area (TPSA) is 87.7 Å². The van der Waals surface area contributed by atoms with Gasteiger partial charge in [-0.25, -0.2) is 0 Å². The van der Waals surface area contributed by atoms with Gasteiger partial charge in [-0.05, 0) is 79.5 Å². The fourth-order valence-electron chi connectivity index (χ4n) is 5.57. The molecule has 0 bridgehead atoms. The Hall–Kier alpha value is -3.95. The van der Waals surface area contributed by atoms with Crippen molar-refractivity contribution in [3.63, 3.8) is 0 Å². The molecule has 0 saturated carbocycles. The molecule has 2 fully saturated rings. The number of rotatable bonds is 6. The van der Waals surface area contributed by atoms with Crippen molar-refractivity contribution in [3.05, 3.63) is 106 Å². The summed E-state index contributed by atoms with van der Waals surface area (Å²) in [6.07, 6.45) is 4.03. The van der Waals surface area contributed by atoms with Gasteiger partial charge in [0.25, 0.3) is 5.69 Å². The Morgan fingerprint density at radius 3 is 2.58 bits per heavy atom. The van der Waals surface area contributed by atoms with E-state index in [4.69, 9.17) is 28.2 Å². The number of para-hydroxylation sites is 1. The highest BCUT2D eigenvalue weighted by Crippen LogP contribution is 2.45. The van der Waals surface area contributed by atoms with Crippen molar-refractivity contribution in [2.45, 2.75) is 31.8 Å². The van der Waals surface area contributed by atoms with Crippen LogP contribution >= 0.6 is 23.8 Å². The molecule has 8 nitrogen and oxygen atoms in total. The number of thiocarbonyl (C=S) groups is 1. The Morgan fingerprint density at radius 1 is 1.07 bits per heavy atom. The van der Waals surface area contributed by atoms with Gasteiger partial charge in [-0.2, -0.15) is 0 Å². The zero-order valence-corrected chi connectivity index (χ0v) is 23.4. The quantitative estimate of drug-likeness (QED) is 0.146. The van der Waals surface area contributed by atoms with E-state index in [2.05, 4.69) is 28.2 Å². The van der Waals surface area contributed by atoms with Crippen LogP contribution in [0, 0.1) is 16.0 Å². The van der Waals surface area contributed by atoms with Gasteiger partial charge in [-0.1, -0.05) is 36.7 Å². The summed E-state index contributed by atoms with van der Waals surface area (Å²) in [4.78, 5) is 20.2. The van der Waals surface area contributed by atoms with Gasteiger partial charge >= 0.3 is 0 Å². The Bertz CT molecular complexity index is 1550. The van der Waals surface area contributed by atoms with Crippen molar-refractivity contribution in [1.82, 2.24) is 10.3 Å². The third-order valence-corrected chi connectivity index (χ3v) is 8.33.